The minimum atomic E-state index is 0.105. The summed E-state index contributed by atoms with van der Waals surface area (Å²) in [7, 11) is 0. The Morgan fingerprint density at radius 1 is 1.47 bits per heavy atom. The number of ketones is 1. The number of furan rings is 1. The summed E-state index contributed by atoms with van der Waals surface area (Å²) in [5.41, 5.74) is 2.78. The molecule has 0 unspecified atom stereocenters. The zero-order chi connectivity index (χ0) is 12.0. The fourth-order valence-corrected chi connectivity index (χ4v) is 2.42. The number of carbonyl (C=O) groups is 1. The number of hydrogen-bond donors (Lipinski definition) is 0. The van der Waals surface area contributed by atoms with Gasteiger partial charge in [0, 0.05) is 29.1 Å². The molecule has 2 aromatic rings. The summed E-state index contributed by atoms with van der Waals surface area (Å²) >= 11 is 0. The van der Waals surface area contributed by atoms with Crippen molar-refractivity contribution in [1.82, 2.24) is 4.57 Å². The van der Waals surface area contributed by atoms with E-state index < -0.39 is 0 Å². The number of hydrogen-bond acceptors (Lipinski definition) is 2. The smallest absolute Gasteiger partial charge is 0.162 e. The molecule has 3 nitrogen and oxygen atoms in total. The molecule has 1 saturated carbocycles. The van der Waals surface area contributed by atoms with Crippen LogP contribution in [-0.4, -0.2) is 10.4 Å². The van der Waals surface area contributed by atoms with E-state index in [1.165, 1.54) is 12.8 Å². The highest BCUT2D eigenvalue weighted by Gasteiger charge is 2.28. The van der Waals surface area contributed by atoms with Crippen molar-refractivity contribution < 1.29 is 9.21 Å². The van der Waals surface area contributed by atoms with Gasteiger partial charge in [-0.1, -0.05) is 0 Å². The van der Waals surface area contributed by atoms with Crippen molar-refractivity contribution >= 4 is 5.78 Å². The SMILES string of the molecule is CC(=O)c1c(-c2ccco2)cn(C2CC2)c1C. The van der Waals surface area contributed by atoms with Crippen molar-refractivity contribution in [2.75, 3.05) is 0 Å². The third kappa shape index (κ3) is 1.62. The summed E-state index contributed by atoms with van der Waals surface area (Å²) in [6.45, 7) is 3.63. The molecule has 0 N–H and O–H groups in total. The Morgan fingerprint density at radius 2 is 2.24 bits per heavy atom. The van der Waals surface area contributed by atoms with E-state index >= 15 is 0 Å². The van der Waals surface area contributed by atoms with Crippen molar-refractivity contribution in [2.24, 2.45) is 0 Å². The van der Waals surface area contributed by atoms with Crippen LogP contribution < -0.4 is 0 Å². The van der Waals surface area contributed by atoms with E-state index in [0.717, 1.165) is 22.6 Å². The second kappa shape index (κ2) is 3.62. The first-order chi connectivity index (χ1) is 8.18. The van der Waals surface area contributed by atoms with Crippen molar-refractivity contribution in [1.29, 1.82) is 0 Å². The predicted molar refractivity (Wildman–Crippen MR) is 65.1 cm³/mol. The molecule has 1 aliphatic rings. The Labute approximate surface area is 100 Å². The van der Waals surface area contributed by atoms with Gasteiger partial charge >= 0.3 is 0 Å². The van der Waals surface area contributed by atoms with Crippen LogP contribution >= 0.6 is 0 Å². The molecule has 3 rings (SSSR count). The summed E-state index contributed by atoms with van der Waals surface area (Å²) < 4.78 is 7.63. The van der Waals surface area contributed by atoms with Gasteiger partial charge in [0.25, 0.3) is 0 Å². The largest absolute Gasteiger partial charge is 0.464 e. The molecule has 2 heterocycles. The van der Waals surface area contributed by atoms with Crippen LogP contribution in [0.5, 0.6) is 0 Å². The second-order valence-corrected chi connectivity index (χ2v) is 4.68. The normalized spacial score (nSPS) is 15.2. The topological polar surface area (TPSA) is 35.1 Å². The highest BCUT2D eigenvalue weighted by Crippen LogP contribution is 2.40. The van der Waals surface area contributed by atoms with Crippen LogP contribution in [0.2, 0.25) is 0 Å². The highest BCUT2D eigenvalue weighted by atomic mass is 16.3. The van der Waals surface area contributed by atoms with Gasteiger partial charge in [-0.05, 0) is 38.8 Å². The number of carbonyl (C=O) groups excluding carboxylic acids is 1. The van der Waals surface area contributed by atoms with Crippen molar-refractivity contribution in [2.45, 2.75) is 32.7 Å². The molecule has 88 valence electrons. The van der Waals surface area contributed by atoms with Gasteiger partial charge in [0.2, 0.25) is 0 Å². The standard InChI is InChI=1S/C14H15NO2/c1-9-14(10(2)16)12(13-4-3-7-17-13)8-15(9)11-5-6-11/h3-4,7-8,11H,5-6H2,1-2H3. The van der Waals surface area contributed by atoms with Gasteiger partial charge in [-0.25, -0.2) is 0 Å². The number of nitrogens with zero attached hydrogens (tertiary/aromatic N) is 1. The van der Waals surface area contributed by atoms with Gasteiger partial charge in [0.1, 0.15) is 5.76 Å². The van der Waals surface area contributed by atoms with Gasteiger partial charge < -0.3 is 8.98 Å². The van der Waals surface area contributed by atoms with E-state index in [2.05, 4.69) is 10.8 Å². The van der Waals surface area contributed by atoms with Crippen LogP contribution in [0.4, 0.5) is 0 Å². The Bertz CT molecular complexity index is 559. The van der Waals surface area contributed by atoms with Gasteiger partial charge in [-0.2, -0.15) is 0 Å². The molecule has 0 radical (unpaired) electrons. The second-order valence-electron chi connectivity index (χ2n) is 4.68. The van der Waals surface area contributed by atoms with Crippen LogP contribution in [-0.2, 0) is 0 Å². The molecule has 0 atom stereocenters. The van der Waals surface area contributed by atoms with E-state index in [4.69, 9.17) is 4.42 Å². The van der Waals surface area contributed by atoms with Crippen molar-refractivity contribution in [3.63, 3.8) is 0 Å². The maximum Gasteiger partial charge on any atom is 0.162 e. The molecule has 17 heavy (non-hydrogen) atoms. The molecular formula is C14H15NO2. The van der Waals surface area contributed by atoms with Gasteiger partial charge in [-0.3, -0.25) is 4.79 Å². The van der Waals surface area contributed by atoms with E-state index in [9.17, 15) is 4.79 Å². The van der Waals surface area contributed by atoms with Gasteiger partial charge in [0.15, 0.2) is 5.78 Å². The average Bonchev–Trinajstić information content (AvgIpc) is 2.86. The Kier molecular flexibility index (Phi) is 2.21. The van der Waals surface area contributed by atoms with Crippen LogP contribution in [0.1, 0.15) is 41.9 Å². The van der Waals surface area contributed by atoms with Crippen molar-refractivity contribution in [3.8, 4) is 11.3 Å². The highest BCUT2D eigenvalue weighted by molar-refractivity contribution is 6.01. The van der Waals surface area contributed by atoms with Gasteiger partial charge in [0.05, 0.1) is 6.26 Å². The molecule has 0 amide bonds. The minimum absolute atomic E-state index is 0.105. The first-order valence-corrected chi connectivity index (χ1v) is 5.94. The molecule has 1 aliphatic carbocycles. The molecule has 0 saturated heterocycles. The van der Waals surface area contributed by atoms with Crippen molar-refractivity contribution in [3.05, 3.63) is 35.9 Å². The van der Waals surface area contributed by atoms with Crippen LogP contribution in [0.15, 0.2) is 29.0 Å². The Morgan fingerprint density at radius 3 is 2.76 bits per heavy atom. The van der Waals surface area contributed by atoms with Crippen LogP contribution in [0, 0.1) is 6.92 Å². The number of rotatable bonds is 3. The van der Waals surface area contributed by atoms with Crippen LogP contribution in [0.25, 0.3) is 11.3 Å². The monoisotopic (exact) mass is 229 g/mol. The lowest BCUT2D eigenvalue weighted by Crippen LogP contribution is -1.99. The summed E-state index contributed by atoms with van der Waals surface area (Å²) in [6, 6.07) is 4.33. The molecule has 2 aromatic heterocycles. The maximum atomic E-state index is 11.8. The molecular weight excluding hydrogens is 214 g/mol. The van der Waals surface area contributed by atoms with Gasteiger partial charge in [-0.15, -0.1) is 0 Å². The predicted octanol–water partition coefficient (Wildman–Crippen LogP) is 3.59. The zero-order valence-corrected chi connectivity index (χ0v) is 10.1. The first-order valence-electron chi connectivity index (χ1n) is 5.94. The lowest BCUT2D eigenvalue weighted by atomic mass is 10.1. The molecule has 1 fully saturated rings. The lowest BCUT2D eigenvalue weighted by molar-refractivity contribution is 0.101. The van der Waals surface area contributed by atoms with E-state index in [-0.39, 0.29) is 5.78 Å². The van der Waals surface area contributed by atoms with E-state index in [1.807, 2.05) is 19.1 Å². The minimum Gasteiger partial charge on any atom is -0.464 e. The quantitative estimate of drug-likeness (QED) is 0.754. The molecule has 0 aliphatic heterocycles. The van der Waals surface area contributed by atoms with E-state index in [0.29, 0.717) is 6.04 Å². The maximum absolute atomic E-state index is 11.8. The molecule has 3 heteroatoms. The fraction of sp³-hybridized carbons (Fsp3) is 0.357. The summed E-state index contributed by atoms with van der Waals surface area (Å²) in [5, 5.41) is 0. The average molecular weight is 229 g/mol. The third-order valence-electron chi connectivity index (χ3n) is 3.37. The lowest BCUT2D eigenvalue weighted by Gasteiger charge is -2.03. The van der Waals surface area contributed by atoms with Crippen LogP contribution in [0.3, 0.4) is 0 Å². The summed E-state index contributed by atoms with van der Waals surface area (Å²) in [5.74, 6) is 0.881. The number of Topliss-reactive ketones (excluding diaryl/α,β-unsaturated/α-hetero) is 1. The molecule has 0 aromatic carbocycles. The third-order valence-corrected chi connectivity index (χ3v) is 3.37. The summed E-state index contributed by atoms with van der Waals surface area (Å²) in [4.78, 5) is 11.8. The Hall–Kier alpha value is -1.77. The Balaban J connectivity index is 2.19. The molecule has 0 bridgehead atoms. The zero-order valence-electron chi connectivity index (χ0n) is 10.1. The van der Waals surface area contributed by atoms with E-state index in [1.54, 1.807) is 13.2 Å². The first kappa shape index (κ1) is 10.4. The fourth-order valence-electron chi connectivity index (χ4n) is 2.42. The number of aromatic nitrogens is 1. The summed E-state index contributed by atoms with van der Waals surface area (Å²) in [6.07, 6.45) is 6.13. The molecule has 0 spiro atoms.